The zero-order valence-corrected chi connectivity index (χ0v) is 14.0. The molecule has 0 atom stereocenters. The molecule has 0 unspecified atom stereocenters. The van der Waals surface area contributed by atoms with Crippen molar-refractivity contribution in [3.63, 3.8) is 0 Å². The van der Waals surface area contributed by atoms with Crippen molar-refractivity contribution >= 4 is 11.9 Å². The van der Waals surface area contributed by atoms with Crippen LogP contribution < -0.4 is 14.2 Å². The molecule has 5 nitrogen and oxygen atoms in total. The molecule has 120 valence electrons. The second-order valence-corrected chi connectivity index (χ2v) is 6.26. The van der Waals surface area contributed by atoms with E-state index in [1.807, 2.05) is 27.7 Å². The summed E-state index contributed by atoms with van der Waals surface area (Å²) in [5, 5.41) is 0. The SMILES string of the molecule is CC(=O)Oc1c(C)c(C)c2c(c1OC(C)=O)CCC(C)(C)O2. The average molecular weight is 306 g/mol. The maximum absolute atomic E-state index is 11.5. The Morgan fingerprint density at radius 2 is 1.55 bits per heavy atom. The molecule has 1 aliphatic rings. The number of carbonyl (C=O) groups is 2. The number of rotatable bonds is 2. The number of ether oxygens (including phenoxy) is 3. The number of carbonyl (C=O) groups excluding carboxylic acids is 2. The van der Waals surface area contributed by atoms with Gasteiger partial charge in [0.25, 0.3) is 0 Å². The number of hydrogen-bond acceptors (Lipinski definition) is 5. The van der Waals surface area contributed by atoms with E-state index in [1.54, 1.807) is 0 Å². The van der Waals surface area contributed by atoms with Crippen LogP contribution in [0, 0.1) is 13.8 Å². The first-order valence-electron chi connectivity index (χ1n) is 7.34. The Morgan fingerprint density at radius 3 is 2.09 bits per heavy atom. The molecular formula is C17H22O5. The lowest BCUT2D eigenvalue weighted by Crippen LogP contribution is -2.33. The molecule has 1 aromatic carbocycles. The lowest BCUT2D eigenvalue weighted by atomic mass is 9.90. The second-order valence-electron chi connectivity index (χ2n) is 6.26. The predicted molar refractivity (Wildman–Crippen MR) is 81.6 cm³/mol. The van der Waals surface area contributed by atoms with Crippen LogP contribution in [0.15, 0.2) is 0 Å². The molecule has 22 heavy (non-hydrogen) atoms. The van der Waals surface area contributed by atoms with E-state index in [9.17, 15) is 9.59 Å². The van der Waals surface area contributed by atoms with Gasteiger partial charge in [0.15, 0.2) is 11.5 Å². The molecule has 0 saturated carbocycles. The third kappa shape index (κ3) is 3.08. The Labute approximate surface area is 130 Å². The number of esters is 2. The summed E-state index contributed by atoms with van der Waals surface area (Å²) in [5.74, 6) is 0.427. The van der Waals surface area contributed by atoms with Crippen LogP contribution in [0.3, 0.4) is 0 Å². The van der Waals surface area contributed by atoms with E-state index >= 15 is 0 Å². The minimum atomic E-state index is -0.455. The summed E-state index contributed by atoms with van der Waals surface area (Å²) in [6.45, 7) is 10.4. The zero-order chi connectivity index (χ0) is 16.7. The van der Waals surface area contributed by atoms with Gasteiger partial charge in [0.1, 0.15) is 11.4 Å². The molecule has 0 spiro atoms. The van der Waals surface area contributed by atoms with Gasteiger partial charge < -0.3 is 14.2 Å². The lowest BCUT2D eigenvalue weighted by molar-refractivity contribution is -0.134. The first-order valence-corrected chi connectivity index (χ1v) is 7.34. The molecule has 1 heterocycles. The summed E-state index contributed by atoms with van der Waals surface area (Å²) in [6, 6.07) is 0. The number of hydrogen-bond donors (Lipinski definition) is 0. The van der Waals surface area contributed by atoms with Gasteiger partial charge >= 0.3 is 11.9 Å². The summed E-state index contributed by atoms with van der Waals surface area (Å²) in [6.07, 6.45) is 1.48. The minimum absolute atomic E-state index is 0.277. The van der Waals surface area contributed by atoms with Crippen LogP contribution in [0.5, 0.6) is 17.2 Å². The smallest absolute Gasteiger partial charge is 0.308 e. The van der Waals surface area contributed by atoms with Crippen LogP contribution in [0.2, 0.25) is 0 Å². The van der Waals surface area contributed by atoms with Crippen molar-refractivity contribution < 1.29 is 23.8 Å². The fourth-order valence-corrected chi connectivity index (χ4v) is 2.61. The first-order chi connectivity index (χ1) is 10.1. The van der Waals surface area contributed by atoms with Gasteiger partial charge in [0, 0.05) is 25.0 Å². The summed E-state index contributed by atoms with van der Waals surface area (Å²) >= 11 is 0. The third-order valence-electron chi connectivity index (χ3n) is 3.85. The van der Waals surface area contributed by atoms with Crippen molar-refractivity contribution in [3.05, 3.63) is 16.7 Å². The van der Waals surface area contributed by atoms with E-state index in [0.717, 1.165) is 28.9 Å². The summed E-state index contributed by atoms with van der Waals surface area (Å²) in [7, 11) is 0. The second kappa shape index (κ2) is 5.63. The first kappa shape index (κ1) is 16.3. The summed E-state index contributed by atoms with van der Waals surface area (Å²) in [4.78, 5) is 22.8. The van der Waals surface area contributed by atoms with Gasteiger partial charge in [-0.3, -0.25) is 9.59 Å². The van der Waals surface area contributed by atoms with Crippen LogP contribution in [0.1, 0.15) is 50.8 Å². The number of fused-ring (bicyclic) bond motifs is 1. The molecule has 1 aliphatic heterocycles. The molecule has 0 fully saturated rings. The van der Waals surface area contributed by atoms with E-state index in [0.29, 0.717) is 17.9 Å². The summed E-state index contributed by atoms with van der Waals surface area (Å²) in [5.41, 5.74) is 2.15. The molecule has 0 radical (unpaired) electrons. The van der Waals surface area contributed by atoms with E-state index in [2.05, 4.69) is 0 Å². The zero-order valence-electron chi connectivity index (χ0n) is 14.0. The molecule has 0 amide bonds. The Morgan fingerprint density at radius 1 is 1.00 bits per heavy atom. The highest BCUT2D eigenvalue weighted by molar-refractivity contribution is 5.77. The molecule has 5 heteroatoms. The van der Waals surface area contributed by atoms with E-state index in [4.69, 9.17) is 14.2 Å². The largest absolute Gasteiger partial charge is 0.487 e. The van der Waals surface area contributed by atoms with Crippen molar-refractivity contribution in [2.45, 2.75) is 60.0 Å². The van der Waals surface area contributed by atoms with Gasteiger partial charge in [-0.2, -0.15) is 0 Å². The molecule has 1 aromatic rings. The Bertz CT molecular complexity index is 643. The molecule has 2 rings (SSSR count). The van der Waals surface area contributed by atoms with Crippen LogP contribution >= 0.6 is 0 Å². The monoisotopic (exact) mass is 306 g/mol. The van der Waals surface area contributed by atoms with Gasteiger partial charge in [-0.25, -0.2) is 0 Å². The minimum Gasteiger partial charge on any atom is -0.487 e. The van der Waals surface area contributed by atoms with Crippen molar-refractivity contribution in [2.24, 2.45) is 0 Å². The highest BCUT2D eigenvalue weighted by Crippen LogP contribution is 2.48. The highest BCUT2D eigenvalue weighted by atomic mass is 16.6. The van der Waals surface area contributed by atoms with Crippen LogP contribution in [-0.2, 0) is 16.0 Å². The van der Waals surface area contributed by atoms with Crippen LogP contribution in [0.4, 0.5) is 0 Å². The maximum Gasteiger partial charge on any atom is 0.308 e. The fourth-order valence-electron chi connectivity index (χ4n) is 2.61. The topological polar surface area (TPSA) is 61.8 Å². The molecular weight excluding hydrogens is 284 g/mol. The molecule has 0 saturated heterocycles. The normalized spacial score (nSPS) is 15.5. The Kier molecular flexibility index (Phi) is 4.18. The van der Waals surface area contributed by atoms with Crippen LogP contribution in [0.25, 0.3) is 0 Å². The maximum atomic E-state index is 11.5. The quantitative estimate of drug-likeness (QED) is 0.620. The molecule has 0 aliphatic carbocycles. The molecule has 0 N–H and O–H groups in total. The van der Waals surface area contributed by atoms with Gasteiger partial charge in [-0.05, 0) is 46.1 Å². The Hall–Kier alpha value is -2.04. The van der Waals surface area contributed by atoms with Gasteiger partial charge in [-0.15, -0.1) is 0 Å². The van der Waals surface area contributed by atoms with Gasteiger partial charge in [0.05, 0.1) is 0 Å². The van der Waals surface area contributed by atoms with Gasteiger partial charge in [0.2, 0.25) is 0 Å². The van der Waals surface area contributed by atoms with Crippen LogP contribution in [-0.4, -0.2) is 17.5 Å². The predicted octanol–water partition coefficient (Wildman–Crippen LogP) is 3.26. The standard InChI is InChI=1S/C17H22O5/c1-9-10(2)15(20-11(3)18)16(21-12(4)19)13-7-8-17(5,6)22-14(9)13/h7-8H2,1-6H3. The molecule has 0 aromatic heterocycles. The van der Waals surface area contributed by atoms with E-state index in [1.165, 1.54) is 13.8 Å². The van der Waals surface area contributed by atoms with E-state index < -0.39 is 11.9 Å². The third-order valence-corrected chi connectivity index (χ3v) is 3.85. The lowest BCUT2D eigenvalue weighted by Gasteiger charge is -2.35. The van der Waals surface area contributed by atoms with Crippen molar-refractivity contribution in [2.75, 3.05) is 0 Å². The highest BCUT2D eigenvalue weighted by Gasteiger charge is 2.33. The van der Waals surface area contributed by atoms with Crippen molar-refractivity contribution in [1.82, 2.24) is 0 Å². The number of benzene rings is 1. The average Bonchev–Trinajstić information content (AvgIpc) is 2.38. The van der Waals surface area contributed by atoms with Gasteiger partial charge in [-0.1, -0.05) is 0 Å². The van der Waals surface area contributed by atoms with Crippen molar-refractivity contribution in [1.29, 1.82) is 0 Å². The molecule has 0 bridgehead atoms. The van der Waals surface area contributed by atoms with E-state index in [-0.39, 0.29) is 5.60 Å². The summed E-state index contributed by atoms with van der Waals surface area (Å²) < 4.78 is 16.7. The Balaban J connectivity index is 2.68. The van der Waals surface area contributed by atoms with Crippen molar-refractivity contribution in [3.8, 4) is 17.2 Å². The fraction of sp³-hybridized carbons (Fsp3) is 0.529.